The van der Waals surface area contributed by atoms with Crippen LogP contribution in [0.15, 0.2) is 24.3 Å². The highest BCUT2D eigenvalue weighted by atomic mass is 16.1. The minimum Gasteiger partial charge on any atom is -0.298 e. The van der Waals surface area contributed by atoms with E-state index in [0.717, 1.165) is 18.3 Å². The van der Waals surface area contributed by atoms with Gasteiger partial charge in [-0.2, -0.15) is 0 Å². The van der Waals surface area contributed by atoms with Crippen LogP contribution in [-0.2, 0) is 6.42 Å². The van der Waals surface area contributed by atoms with Gasteiger partial charge >= 0.3 is 0 Å². The third-order valence-electron chi connectivity index (χ3n) is 4.17. The molecule has 1 aliphatic carbocycles. The van der Waals surface area contributed by atoms with Crippen LogP contribution < -0.4 is 0 Å². The highest BCUT2D eigenvalue weighted by molar-refractivity contribution is 5.74. The second-order valence-corrected chi connectivity index (χ2v) is 5.73. The predicted molar refractivity (Wildman–Crippen MR) is 71.3 cm³/mol. The Hall–Kier alpha value is -1.11. The molecule has 1 fully saturated rings. The smallest absolute Gasteiger partial charge is 0.150 e. The van der Waals surface area contributed by atoms with Gasteiger partial charge in [0.15, 0.2) is 0 Å². The van der Waals surface area contributed by atoms with E-state index >= 15 is 0 Å². The molecule has 1 heteroatoms. The van der Waals surface area contributed by atoms with E-state index in [1.54, 1.807) is 0 Å². The third-order valence-corrected chi connectivity index (χ3v) is 4.17. The maximum absolute atomic E-state index is 10.5. The molecule has 0 radical (unpaired) electrons. The predicted octanol–water partition coefficient (Wildman–Crippen LogP) is 4.40. The molecule has 1 saturated carbocycles. The van der Waals surface area contributed by atoms with Crippen molar-refractivity contribution in [2.24, 2.45) is 5.41 Å². The van der Waals surface area contributed by atoms with Crippen LogP contribution in [0.5, 0.6) is 0 Å². The molecule has 0 heterocycles. The lowest BCUT2D eigenvalue weighted by Gasteiger charge is -2.23. The Bertz CT molecular complexity index is 358. The van der Waals surface area contributed by atoms with Crippen molar-refractivity contribution in [2.75, 3.05) is 0 Å². The first-order valence-electron chi connectivity index (χ1n) is 6.76. The number of hydrogen-bond donors (Lipinski definition) is 0. The van der Waals surface area contributed by atoms with Crippen molar-refractivity contribution in [1.82, 2.24) is 0 Å². The van der Waals surface area contributed by atoms with Crippen LogP contribution in [0.2, 0.25) is 0 Å². The summed E-state index contributed by atoms with van der Waals surface area (Å²) in [6.07, 6.45) is 10.3. The van der Waals surface area contributed by atoms with E-state index < -0.39 is 0 Å². The zero-order chi connectivity index (χ0) is 12.1. The van der Waals surface area contributed by atoms with Gasteiger partial charge < -0.3 is 0 Å². The summed E-state index contributed by atoms with van der Waals surface area (Å²) in [5.41, 5.74) is 2.75. The SMILES string of the molecule is CC1(CCCc2ccc(C=O)cc2)CCCC1. The van der Waals surface area contributed by atoms with Gasteiger partial charge in [-0.05, 0) is 43.1 Å². The lowest BCUT2D eigenvalue weighted by atomic mass is 9.83. The van der Waals surface area contributed by atoms with Crippen LogP contribution in [0.25, 0.3) is 0 Å². The molecule has 1 aromatic rings. The van der Waals surface area contributed by atoms with Crippen molar-refractivity contribution in [3.63, 3.8) is 0 Å². The van der Waals surface area contributed by atoms with E-state index in [2.05, 4.69) is 19.1 Å². The van der Waals surface area contributed by atoms with Crippen molar-refractivity contribution in [3.05, 3.63) is 35.4 Å². The normalized spacial score (nSPS) is 18.2. The van der Waals surface area contributed by atoms with Crippen LogP contribution >= 0.6 is 0 Å². The molecule has 0 bridgehead atoms. The van der Waals surface area contributed by atoms with E-state index in [1.165, 1.54) is 44.1 Å². The molecule has 0 aliphatic heterocycles. The van der Waals surface area contributed by atoms with Gasteiger partial charge in [-0.1, -0.05) is 44.0 Å². The molecule has 0 unspecified atom stereocenters. The minimum absolute atomic E-state index is 0.614. The molecule has 0 atom stereocenters. The van der Waals surface area contributed by atoms with Crippen LogP contribution in [0.4, 0.5) is 0 Å². The van der Waals surface area contributed by atoms with Gasteiger partial charge in [-0.25, -0.2) is 0 Å². The fraction of sp³-hybridized carbons (Fsp3) is 0.562. The molecule has 1 aromatic carbocycles. The molecule has 0 amide bonds. The van der Waals surface area contributed by atoms with Gasteiger partial charge in [0.1, 0.15) is 6.29 Å². The molecule has 1 aliphatic rings. The maximum atomic E-state index is 10.5. The molecule has 0 N–H and O–H groups in total. The first-order valence-corrected chi connectivity index (χ1v) is 6.76. The number of hydrogen-bond acceptors (Lipinski definition) is 1. The van der Waals surface area contributed by atoms with Crippen LogP contribution in [0, 0.1) is 5.41 Å². The Balaban J connectivity index is 1.79. The molecule has 92 valence electrons. The number of carbonyl (C=O) groups is 1. The second kappa shape index (κ2) is 5.48. The molecule has 1 nitrogen and oxygen atoms in total. The first kappa shape index (κ1) is 12.3. The van der Waals surface area contributed by atoms with E-state index in [-0.39, 0.29) is 0 Å². The largest absolute Gasteiger partial charge is 0.298 e. The van der Waals surface area contributed by atoms with Crippen molar-refractivity contribution in [3.8, 4) is 0 Å². The topological polar surface area (TPSA) is 17.1 Å². The summed E-state index contributed by atoms with van der Waals surface area (Å²) in [7, 11) is 0. The van der Waals surface area contributed by atoms with Gasteiger partial charge in [0.05, 0.1) is 0 Å². The van der Waals surface area contributed by atoms with Gasteiger partial charge in [-0.3, -0.25) is 4.79 Å². The summed E-state index contributed by atoms with van der Waals surface area (Å²) >= 11 is 0. The van der Waals surface area contributed by atoms with Crippen molar-refractivity contribution in [2.45, 2.75) is 51.9 Å². The number of benzene rings is 1. The monoisotopic (exact) mass is 230 g/mol. The lowest BCUT2D eigenvalue weighted by molar-refractivity contribution is 0.112. The number of carbonyl (C=O) groups excluding carboxylic acids is 1. The van der Waals surface area contributed by atoms with Crippen LogP contribution in [0.1, 0.15) is 61.4 Å². The van der Waals surface area contributed by atoms with E-state index in [1.807, 2.05) is 12.1 Å². The standard InChI is InChI=1S/C16H22O/c1-16(10-2-3-11-16)12-4-5-14-6-8-15(13-17)9-7-14/h6-9,13H,2-5,10-12H2,1H3. The maximum Gasteiger partial charge on any atom is 0.150 e. The first-order chi connectivity index (χ1) is 8.22. The van der Waals surface area contributed by atoms with Crippen LogP contribution in [-0.4, -0.2) is 6.29 Å². The van der Waals surface area contributed by atoms with E-state index in [4.69, 9.17) is 0 Å². The van der Waals surface area contributed by atoms with Crippen molar-refractivity contribution >= 4 is 6.29 Å². The van der Waals surface area contributed by atoms with Crippen molar-refractivity contribution < 1.29 is 4.79 Å². The molecular formula is C16H22O. The Morgan fingerprint density at radius 2 is 1.82 bits per heavy atom. The second-order valence-electron chi connectivity index (χ2n) is 5.73. The zero-order valence-corrected chi connectivity index (χ0v) is 10.7. The Kier molecular flexibility index (Phi) is 3.98. The molecule has 17 heavy (non-hydrogen) atoms. The minimum atomic E-state index is 0.614. The van der Waals surface area contributed by atoms with Gasteiger partial charge in [0, 0.05) is 5.56 Å². The summed E-state index contributed by atoms with van der Waals surface area (Å²) < 4.78 is 0. The quantitative estimate of drug-likeness (QED) is 0.685. The summed E-state index contributed by atoms with van der Waals surface area (Å²) in [6, 6.07) is 8.00. The summed E-state index contributed by atoms with van der Waals surface area (Å²) in [5.74, 6) is 0. The number of rotatable bonds is 5. The van der Waals surface area contributed by atoms with E-state index in [0.29, 0.717) is 5.41 Å². The molecule has 0 aromatic heterocycles. The Morgan fingerprint density at radius 1 is 1.18 bits per heavy atom. The van der Waals surface area contributed by atoms with E-state index in [9.17, 15) is 4.79 Å². The Labute approximate surface area is 104 Å². The lowest BCUT2D eigenvalue weighted by Crippen LogP contribution is -2.10. The van der Waals surface area contributed by atoms with Gasteiger partial charge in [0.25, 0.3) is 0 Å². The van der Waals surface area contributed by atoms with Crippen LogP contribution in [0.3, 0.4) is 0 Å². The van der Waals surface area contributed by atoms with Gasteiger partial charge in [0.2, 0.25) is 0 Å². The average Bonchev–Trinajstić information content (AvgIpc) is 2.77. The third kappa shape index (κ3) is 3.42. The number of aryl methyl sites for hydroxylation is 1. The van der Waals surface area contributed by atoms with Crippen molar-refractivity contribution in [1.29, 1.82) is 0 Å². The summed E-state index contributed by atoms with van der Waals surface area (Å²) in [6.45, 7) is 2.44. The number of aldehydes is 1. The fourth-order valence-electron chi connectivity index (χ4n) is 2.96. The van der Waals surface area contributed by atoms with Gasteiger partial charge in [-0.15, -0.1) is 0 Å². The summed E-state index contributed by atoms with van der Waals surface area (Å²) in [4.78, 5) is 10.5. The highest BCUT2D eigenvalue weighted by Gasteiger charge is 2.27. The fourth-order valence-corrected chi connectivity index (χ4v) is 2.96. The molecule has 2 rings (SSSR count). The zero-order valence-electron chi connectivity index (χ0n) is 10.7. The Morgan fingerprint density at radius 3 is 2.41 bits per heavy atom. The highest BCUT2D eigenvalue weighted by Crippen LogP contribution is 2.41. The molecule has 0 saturated heterocycles. The molecular weight excluding hydrogens is 208 g/mol. The molecule has 0 spiro atoms. The average molecular weight is 230 g/mol. The summed E-state index contributed by atoms with van der Waals surface area (Å²) in [5, 5.41) is 0.